The predicted molar refractivity (Wildman–Crippen MR) is 75.9 cm³/mol. The monoisotopic (exact) mass is 247 g/mol. The van der Waals surface area contributed by atoms with Gasteiger partial charge in [0.15, 0.2) is 0 Å². The van der Waals surface area contributed by atoms with Crippen LogP contribution in [0.2, 0.25) is 0 Å². The fourth-order valence-electron chi connectivity index (χ4n) is 2.74. The van der Waals surface area contributed by atoms with Crippen molar-refractivity contribution in [1.29, 1.82) is 0 Å². The Bertz CT molecular complexity index is 402. The molecular formula is C16H25NO. The Hall–Kier alpha value is -1.02. The molecule has 100 valence electrons. The van der Waals surface area contributed by atoms with Crippen LogP contribution in [0.15, 0.2) is 18.2 Å². The summed E-state index contributed by atoms with van der Waals surface area (Å²) < 4.78 is 6.19. The first kappa shape index (κ1) is 13.4. The molecule has 2 nitrogen and oxygen atoms in total. The molecule has 1 aromatic carbocycles. The van der Waals surface area contributed by atoms with Gasteiger partial charge in [-0.25, -0.2) is 0 Å². The van der Waals surface area contributed by atoms with Gasteiger partial charge in [0.25, 0.3) is 0 Å². The van der Waals surface area contributed by atoms with Gasteiger partial charge < -0.3 is 10.5 Å². The van der Waals surface area contributed by atoms with E-state index >= 15 is 0 Å². The van der Waals surface area contributed by atoms with Crippen molar-refractivity contribution in [2.45, 2.75) is 58.6 Å². The van der Waals surface area contributed by atoms with Crippen molar-refractivity contribution < 1.29 is 4.74 Å². The van der Waals surface area contributed by atoms with E-state index in [1.54, 1.807) is 0 Å². The summed E-state index contributed by atoms with van der Waals surface area (Å²) in [6.45, 7) is 6.46. The van der Waals surface area contributed by atoms with Gasteiger partial charge in [-0.05, 0) is 56.2 Å². The van der Waals surface area contributed by atoms with E-state index in [2.05, 4.69) is 39.0 Å². The summed E-state index contributed by atoms with van der Waals surface area (Å²) in [4.78, 5) is 0. The molecule has 0 aliphatic heterocycles. The highest BCUT2D eigenvalue weighted by atomic mass is 16.5. The summed E-state index contributed by atoms with van der Waals surface area (Å²) in [6, 6.07) is 6.55. The average molecular weight is 247 g/mol. The van der Waals surface area contributed by atoms with E-state index in [0.29, 0.717) is 0 Å². The second kappa shape index (κ2) is 5.75. The molecule has 0 amide bonds. The van der Waals surface area contributed by atoms with Gasteiger partial charge >= 0.3 is 0 Å². The lowest BCUT2D eigenvalue weighted by Gasteiger charge is -2.34. The van der Waals surface area contributed by atoms with Crippen LogP contribution in [0.4, 0.5) is 0 Å². The zero-order valence-electron chi connectivity index (χ0n) is 11.8. The molecule has 0 bridgehead atoms. The van der Waals surface area contributed by atoms with E-state index < -0.39 is 0 Å². The van der Waals surface area contributed by atoms with E-state index in [1.807, 2.05) is 0 Å². The van der Waals surface area contributed by atoms with Gasteiger partial charge in [-0.2, -0.15) is 0 Å². The summed E-state index contributed by atoms with van der Waals surface area (Å²) in [5.74, 6) is 1.78. The SMILES string of the molecule is CCC1CCC(N)C(Oc2cc(C)ccc2C)C1. The average Bonchev–Trinajstić information content (AvgIpc) is 2.36. The Morgan fingerprint density at radius 2 is 2.06 bits per heavy atom. The third-order valence-electron chi connectivity index (χ3n) is 4.15. The second-order valence-electron chi connectivity index (χ2n) is 5.68. The first-order valence-electron chi connectivity index (χ1n) is 7.09. The fourth-order valence-corrected chi connectivity index (χ4v) is 2.74. The smallest absolute Gasteiger partial charge is 0.122 e. The standard InChI is InChI=1S/C16H25NO/c1-4-13-7-8-14(17)16(10-13)18-15-9-11(2)5-6-12(15)3/h5-6,9,13-14,16H,4,7-8,10,17H2,1-3H3. The summed E-state index contributed by atoms with van der Waals surface area (Å²) in [6.07, 6.45) is 4.87. The quantitative estimate of drug-likeness (QED) is 0.886. The molecule has 0 heterocycles. The van der Waals surface area contributed by atoms with Crippen LogP contribution in [0.3, 0.4) is 0 Å². The van der Waals surface area contributed by atoms with Crippen molar-refractivity contribution in [2.24, 2.45) is 11.7 Å². The highest BCUT2D eigenvalue weighted by molar-refractivity contribution is 5.36. The normalized spacial score (nSPS) is 28.1. The van der Waals surface area contributed by atoms with Crippen LogP contribution in [0.1, 0.15) is 43.7 Å². The number of rotatable bonds is 3. The molecule has 2 rings (SSSR count). The molecule has 2 heteroatoms. The lowest BCUT2D eigenvalue weighted by atomic mass is 9.83. The number of aryl methyl sites for hydroxylation is 2. The summed E-state index contributed by atoms with van der Waals surface area (Å²) in [5, 5.41) is 0. The van der Waals surface area contributed by atoms with Crippen LogP contribution in [0, 0.1) is 19.8 Å². The summed E-state index contributed by atoms with van der Waals surface area (Å²) in [7, 11) is 0. The lowest BCUT2D eigenvalue weighted by molar-refractivity contribution is 0.100. The maximum absolute atomic E-state index is 6.21. The van der Waals surface area contributed by atoms with Crippen LogP contribution < -0.4 is 10.5 Å². The molecular weight excluding hydrogens is 222 g/mol. The van der Waals surface area contributed by atoms with Crippen LogP contribution in [-0.4, -0.2) is 12.1 Å². The highest BCUT2D eigenvalue weighted by Crippen LogP contribution is 2.30. The molecule has 1 fully saturated rings. The Labute approximate surface area is 111 Å². The van der Waals surface area contributed by atoms with Gasteiger partial charge in [-0.15, -0.1) is 0 Å². The van der Waals surface area contributed by atoms with Crippen molar-refractivity contribution in [3.63, 3.8) is 0 Å². The number of hydrogen-bond donors (Lipinski definition) is 1. The third kappa shape index (κ3) is 3.05. The van der Waals surface area contributed by atoms with Gasteiger partial charge in [-0.3, -0.25) is 0 Å². The van der Waals surface area contributed by atoms with Gasteiger partial charge in [0.1, 0.15) is 11.9 Å². The van der Waals surface area contributed by atoms with Crippen molar-refractivity contribution in [1.82, 2.24) is 0 Å². The maximum Gasteiger partial charge on any atom is 0.122 e. The van der Waals surface area contributed by atoms with E-state index in [4.69, 9.17) is 10.5 Å². The fraction of sp³-hybridized carbons (Fsp3) is 0.625. The predicted octanol–water partition coefficient (Wildman–Crippen LogP) is 3.59. The zero-order valence-corrected chi connectivity index (χ0v) is 11.8. The summed E-state index contributed by atoms with van der Waals surface area (Å²) >= 11 is 0. The van der Waals surface area contributed by atoms with Crippen molar-refractivity contribution >= 4 is 0 Å². The van der Waals surface area contributed by atoms with Gasteiger partial charge in [0, 0.05) is 6.04 Å². The Balaban J connectivity index is 2.09. The van der Waals surface area contributed by atoms with Crippen molar-refractivity contribution in [3.8, 4) is 5.75 Å². The lowest BCUT2D eigenvalue weighted by Crippen LogP contribution is -2.43. The van der Waals surface area contributed by atoms with E-state index in [-0.39, 0.29) is 12.1 Å². The topological polar surface area (TPSA) is 35.2 Å². The second-order valence-corrected chi connectivity index (χ2v) is 5.68. The minimum Gasteiger partial charge on any atom is -0.489 e. The number of hydrogen-bond acceptors (Lipinski definition) is 2. The van der Waals surface area contributed by atoms with Gasteiger partial charge in [0.2, 0.25) is 0 Å². The maximum atomic E-state index is 6.21. The van der Waals surface area contributed by atoms with Crippen LogP contribution in [-0.2, 0) is 0 Å². The van der Waals surface area contributed by atoms with Gasteiger partial charge in [0.05, 0.1) is 0 Å². The van der Waals surface area contributed by atoms with Crippen LogP contribution in [0.25, 0.3) is 0 Å². The van der Waals surface area contributed by atoms with Crippen LogP contribution in [0.5, 0.6) is 5.75 Å². The minimum absolute atomic E-state index is 0.184. The molecule has 0 spiro atoms. The van der Waals surface area contributed by atoms with E-state index in [0.717, 1.165) is 24.5 Å². The zero-order chi connectivity index (χ0) is 13.1. The number of ether oxygens (including phenoxy) is 1. The molecule has 1 saturated carbocycles. The molecule has 1 aliphatic carbocycles. The molecule has 0 aromatic heterocycles. The largest absolute Gasteiger partial charge is 0.489 e. The number of nitrogens with two attached hydrogens (primary N) is 1. The Morgan fingerprint density at radius 1 is 1.28 bits per heavy atom. The summed E-state index contributed by atoms with van der Waals surface area (Å²) in [5.41, 5.74) is 8.65. The van der Waals surface area contributed by atoms with E-state index in [1.165, 1.54) is 24.0 Å². The Morgan fingerprint density at radius 3 is 2.78 bits per heavy atom. The molecule has 18 heavy (non-hydrogen) atoms. The van der Waals surface area contributed by atoms with Crippen molar-refractivity contribution in [3.05, 3.63) is 29.3 Å². The molecule has 3 atom stereocenters. The molecule has 1 aromatic rings. The van der Waals surface area contributed by atoms with Crippen molar-refractivity contribution in [2.75, 3.05) is 0 Å². The molecule has 2 N–H and O–H groups in total. The van der Waals surface area contributed by atoms with Gasteiger partial charge in [-0.1, -0.05) is 25.5 Å². The first-order valence-corrected chi connectivity index (χ1v) is 7.09. The van der Waals surface area contributed by atoms with Crippen LogP contribution >= 0.6 is 0 Å². The third-order valence-corrected chi connectivity index (χ3v) is 4.15. The molecule has 3 unspecified atom stereocenters. The molecule has 0 saturated heterocycles. The molecule has 0 radical (unpaired) electrons. The number of benzene rings is 1. The first-order chi connectivity index (χ1) is 8.60. The highest BCUT2D eigenvalue weighted by Gasteiger charge is 2.29. The minimum atomic E-state index is 0.184. The molecule has 1 aliphatic rings. The van der Waals surface area contributed by atoms with E-state index in [9.17, 15) is 0 Å². The Kier molecular flexibility index (Phi) is 4.28.